The van der Waals surface area contributed by atoms with Crippen molar-refractivity contribution >= 4 is 22.6 Å². The lowest BCUT2D eigenvalue weighted by molar-refractivity contribution is -0.236. The summed E-state index contributed by atoms with van der Waals surface area (Å²) in [5.74, 6) is -1.43. The Labute approximate surface area is 215 Å². The van der Waals surface area contributed by atoms with Crippen LogP contribution in [0.5, 0.6) is 5.75 Å². The normalized spacial score (nSPS) is 12.1. The number of carbonyl (C=O) groups excluding carboxylic acids is 2. The fraction of sp³-hybridized carbons (Fsp3) is 0.241. The number of Topliss-reactive ketones (excluding diaryl/α,β-unsaturated/α-hetero) is 1. The minimum absolute atomic E-state index is 0.125. The monoisotopic (exact) mass is 501 g/mol. The molecule has 0 radical (unpaired) electrons. The summed E-state index contributed by atoms with van der Waals surface area (Å²) in [6.07, 6.45) is -0.570. The molecule has 4 rings (SSSR count). The fourth-order valence-electron chi connectivity index (χ4n) is 4.33. The second-order valence-corrected chi connectivity index (χ2v) is 8.69. The van der Waals surface area contributed by atoms with Crippen LogP contribution in [0.4, 0.5) is 0 Å². The lowest BCUT2D eigenvalue weighted by Crippen LogP contribution is -2.36. The number of primary amides is 1. The van der Waals surface area contributed by atoms with E-state index in [1.54, 1.807) is 13.1 Å². The third-order valence-corrected chi connectivity index (χ3v) is 6.21. The van der Waals surface area contributed by atoms with Gasteiger partial charge in [0.1, 0.15) is 12.4 Å². The van der Waals surface area contributed by atoms with E-state index in [2.05, 4.69) is 0 Å². The number of ketones is 1. The van der Waals surface area contributed by atoms with Crippen molar-refractivity contribution in [2.24, 2.45) is 5.73 Å². The van der Waals surface area contributed by atoms with Crippen LogP contribution < -0.4 is 10.5 Å². The van der Waals surface area contributed by atoms with Crippen LogP contribution in [0.25, 0.3) is 10.9 Å². The lowest BCUT2D eigenvalue weighted by Gasteiger charge is -2.23. The molecule has 0 fully saturated rings. The fourth-order valence-corrected chi connectivity index (χ4v) is 4.33. The standard InChI is InChI=1S/C29H31N3O5/c1-3-22-27(28(34)29(30)35)26-23(32(22)17-20-11-6-4-7-12-20)15-10-16-24(26)36-19-25(33)31(2)37-18-21-13-8-5-9-14-21/h4-16,25,33H,3,17-19H2,1-2H3,(H2,30,35). The number of nitrogens with two attached hydrogens (primary N) is 1. The molecule has 37 heavy (non-hydrogen) atoms. The van der Waals surface area contributed by atoms with Crippen LogP contribution in [0.3, 0.4) is 0 Å². The zero-order valence-corrected chi connectivity index (χ0v) is 21.0. The van der Waals surface area contributed by atoms with Crippen molar-refractivity contribution in [1.29, 1.82) is 0 Å². The van der Waals surface area contributed by atoms with E-state index in [4.69, 9.17) is 15.3 Å². The Kier molecular flexibility index (Phi) is 8.35. The summed E-state index contributed by atoms with van der Waals surface area (Å²) in [7, 11) is 1.62. The second-order valence-electron chi connectivity index (χ2n) is 8.69. The van der Waals surface area contributed by atoms with Crippen molar-refractivity contribution in [2.45, 2.75) is 32.7 Å². The number of fused-ring (bicyclic) bond motifs is 1. The molecule has 192 valence electrons. The second kappa shape index (κ2) is 11.8. The summed E-state index contributed by atoms with van der Waals surface area (Å²) < 4.78 is 8.01. The SMILES string of the molecule is CCc1c(C(=O)C(N)=O)c2c(OCC(O)N(C)OCc3ccccc3)cccc2n1Cc1ccccc1. The third kappa shape index (κ3) is 5.89. The summed E-state index contributed by atoms with van der Waals surface area (Å²) >= 11 is 0. The van der Waals surface area contributed by atoms with Crippen molar-refractivity contribution in [1.82, 2.24) is 9.63 Å². The number of hydroxylamine groups is 2. The number of aliphatic hydroxyl groups is 1. The zero-order chi connectivity index (χ0) is 26.4. The molecule has 4 aromatic rings. The van der Waals surface area contributed by atoms with Gasteiger partial charge < -0.3 is 20.1 Å². The smallest absolute Gasteiger partial charge is 0.289 e. The predicted molar refractivity (Wildman–Crippen MR) is 141 cm³/mol. The molecule has 3 N–H and O–H groups in total. The van der Waals surface area contributed by atoms with Gasteiger partial charge in [-0.1, -0.05) is 73.7 Å². The van der Waals surface area contributed by atoms with Gasteiger partial charge in [0.2, 0.25) is 0 Å². The van der Waals surface area contributed by atoms with E-state index in [1.807, 2.05) is 84.3 Å². The highest BCUT2D eigenvalue weighted by atomic mass is 16.7. The number of hydrogen-bond donors (Lipinski definition) is 2. The van der Waals surface area contributed by atoms with Crippen LogP contribution in [0.15, 0.2) is 78.9 Å². The first-order valence-electron chi connectivity index (χ1n) is 12.1. The highest BCUT2D eigenvalue weighted by Gasteiger charge is 2.27. The van der Waals surface area contributed by atoms with Gasteiger partial charge in [-0.05, 0) is 29.7 Å². The molecule has 0 saturated carbocycles. The quantitative estimate of drug-likeness (QED) is 0.133. The highest BCUT2D eigenvalue weighted by Crippen LogP contribution is 2.35. The average Bonchev–Trinajstić information content (AvgIpc) is 3.24. The minimum atomic E-state index is -1.08. The number of aromatic nitrogens is 1. The van der Waals surface area contributed by atoms with Gasteiger partial charge in [-0.2, -0.15) is 5.06 Å². The number of nitrogens with zero attached hydrogens (tertiary/aromatic N) is 2. The molecule has 0 aliphatic rings. The number of carbonyl (C=O) groups is 2. The minimum Gasteiger partial charge on any atom is -0.489 e. The first kappa shape index (κ1) is 26.1. The van der Waals surface area contributed by atoms with Crippen molar-refractivity contribution in [2.75, 3.05) is 13.7 Å². The molecule has 1 amide bonds. The number of likely N-dealkylation sites (N-methyl/N-ethyl adjacent to an activating group) is 1. The number of hydrogen-bond acceptors (Lipinski definition) is 6. The molecule has 0 aliphatic heterocycles. The molecular formula is C29H31N3O5. The van der Waals surface area contributed by atoms with Gasteiger partial charge in [-0.15, -0.1) is 0 Å². The number of rotatable bonds is 12. The molecule has 0 bridgehead atoms. The summed E-state index contributed by atoms with van der Waals surface area (Å²) in [6.45, 7) is 2.61. The molecule has 0 saturated heterocycles. The Morgan fingerprint density at radius 3 is 2.24 bits per heavy atom. The first-order valence-corrected chi connectivity index (χ1v) is 12.1. The van der Waals surface area contributed by atoms with E-state index in [9.17, 15) is 14.7 Å². The number of benzene rings is 3. The Morgan fingerprint density at radius 2 is 1.62 bits per heavy atom. The van der Waals surface area contributed by atoms with Crippen LogP contribution in [0.1, 0.15) is 34.1 Å². The van der Waals surface area contributed by atoms with Gasteiger partial charge in [-0.25, -0.2) is 0 Å². The van der Waals surface area contributed by atoms with Crippen molar-refractivity contribution in [3.05, 3.63) is 101 Å². The van der Waals surface area contributed by atoms with E-state index in [1.165, 1.54) is 5.06 Å². The van der Waals surface area contributed by atoms with Crippen LogP contribution in [0, 0.1) is 0 Å². The molecule has 0 aliphatic carbocycles. The summed E-state index contributed by atoms with van der Waals surface area (Å²) in [6, 6.07) is 24.9. The van der Waals surface area contributed by atoms with E-state index < -0.39 is 17.9 Å². The first-order chi connectivity index (χ1) is 17.9. The van der Waals surface area contributed by atoms with Crippen LogP contribution in [0.2, 0.25) is 0 Å². The maximum atomic E-state index is 13.0. The molecule has 1 atom stereocenters. The van der Waals surface area contributed by atoms with Crippen molar-refractivity contribution in [3.8, 4) is 5.75 Å². The lowest BCUT2D eigenvalue weighted by atomic mass is 10.0. The van der Waals surface area contributed by atoms with Gasteiger partial charge in [0.05, 0.1) is 23.1 Å². The summed E-state index contributed by atoms with van der Waals surface area (Å²) in [5.41, 5.74) is 9.12. The average molecular weight is 502 g/mol. The molecule has 8 nitrogen and oxygen atoms in total. The molecule has 8 heteroatoms. The Morgan fingerprint density at radius 1 is 0.973 bits per heavy atom. The molecule has 1 heterocycles. The van der Waals surface area contributed by atoms with Crippen molar-refractivity contribution in [3.63, 3.8) is 0 Å². The number of ether oxygens (including phenoxy) is 1. The Balaban J connectivity index is 1.63. The topological polar surface area (TPSA) is 107 Å². The summed E-state index contributed by atoms with van der Waals surface area (Å²) in [5, 5.41) is 12.4. The van der Waals surface area contributed by atoms with Crippen LogP contribution >= 0.6 is 0 Å². The number of aliphatic hydroxyl groups excluding tert-OH is 1. The van der Waals surface area contributed by atoms with Gasteiger partial charge in [-0.3, -0.25) is 14.4 Å². The molecule has 1 aromatic heterocycles. The van der Waals surface area contributed by atoms with Crippen LogP contribution in [-0.4, -0.2) is 46.3 Å². The Bertz CT molecular complexity index is 1370. The molecule has 0 spiro atoms. The van der Waals surface area contributed by atoms with Crippen LogP contribution in [-0.2, 0) is 29.2 Å². The zero-order valence-electron chi connectivity index (χ0n) is 21.0. The van der Waals surface area contributed by atoms with E-state index in [0.29, 0.717) is 36.4 Å². The van der Waals surface area contributed by atoms with E-state index in [0.717, 1.165) is 16.6 Å². The van der Waals surface area contributed by atoms with Gasteiger partial charge in [0.25, 0.3) is 11.7 Å². The number of amides is 1. The largest absolute Gasteiger partial charge is 0.489 e. The summed E-state index contributed by atoms with van der Waals surface area (Å²) in [4.78, 5) is 30.6. The maximum Gasteiger partial charge on any atom is 0.289 e. The van der Waals surface area contributed by atoms with E-state index in [-0.39, 0.29) is 12.2 Å². The predicted octanol–water partition coefficient (Wildman–Crippen LogP) is 3.68. The Hall–Kier alpha value is -3.98. The van der Waals surface area contributed by atoms with Gasteiger partial charge in [0, 0.05) is 19.3 Å². The molecule has 3 aromatic carbocycles. The maximum absolute atomic E-state index is 13.0. The molecular weight excluding hydrogens is 470 g/mol. The third-order valence-electron chi connectivity index (χ3n) is 6.21. The van der Waals surface area contributed by atoms with Gasteiger partial charge >= 0.3 is 0 Å². The molecule has 1 unspecified atom stereocenters. The van der Waals surface area contributed by atoms with E-state index >= 15 is 0 Å². The van der Waals surface area contributed by atoms with Gasteiger partial charge in [0.15, 0.2) is 6.23 Å². The highest BCUT2D eigenvalue weighted by molar-refractivity contribution is 6.45. The van der Waals surface area contributed by atoms with Crippen molar-refractivity contribution < 1.29 is 24.3 Å².